The lowest BCUT2D eigenvalue weighted by Gasteiger charge is -2.16. The molecule has 24 heavy (non-hydrogen) atoms. The summed E-state index contributed by atoms with van der Waals surface area (Å²) >= 11 is 5.75. The van der Waals surface area contributed by atoms with Crippen molar-refractivity contribution in [2.75, 3.05) is 0 Å². The zero-order valence-electron chi connectivity index (χ0n) is 11.6. The molecule has 0 bridgehead atoms. The number of H-pyrrole nitrogens is 1. The number of nitrogens with zero attached hydrogens (tertiary/aromatic N) is 1. The van der Waals surface area contributed by atoms with Gasteiger partial charge in [0.15, 0.2) is 0 Å². The Morgan fingerprint density at radius 2 is 1.58 bits per heavy atom. The molecular weight excluding hydrogens is 358 g/mol. The summed E-state index contributed by atoms with van der Waals surface area (Å²) in [5.74, 6) is -0.248. The van der Waals surface area contributed by atoms with Crippen molar-refractivity contribution in [2.45, 2.75) is 12.4 Å². The second kappa shape index (κ2) is 5.41. The number of nitrogens with one attached hydrogen (secondary N) is 1. The van der Waals surface area contributed by atoms with Gasteiger partial charge in [0, 0.05) is 5.56 Å². The molecule has 0 unspecified atom stereocenters. The molecule has 2 nitrogen and oxygen atoms in total. The summed E-state index contributed by atoms with van der Waals surface area (Å²) in [5.41, 5.74) is -2.78. The first-order valence-corrected chi connectivity index (χ1v) is 6.88. The summed E-state index contributed by atoms with van der Waals surface area (Å²) < 4.78 is 78.2. The van der Waals surface area contributed by atoms with Crippen molar-refractivity contribution in [3.63, 3.8) is 0 Å². The summed E-state index contributed by atoms with van der Waals surface area (Å²) in [6.45, 7) is 0. The van der Waals surface area contributed by atoms with Crippen molar-refractivity contribution in [2.24, 2.45) is 0 Å². The Kier molecular flexibility index (Phi) is 3.75. The number of hydrogen-bond donors (Lipinski definition) is 1. The minimum Gasteiger partial charge on any atom is -0.338 e. The van der Waals surface area contributed by atoms with Gasteiger partial charge in [-0.3, -0.25) is 0 Å². The molecule has 1 heterocycles. The van der Waals surface area contributed by atoms with Crippen LogP contribution in [0.15, 0.2) is 36.4 Å². The summed E-state index contributed by atoms with van der Waals surface area (Å²) in [4.78, 5) is 6.64. The molecule has 3 aromatic rings. The lowest BCUT2D eigenvalue weighted by atomic mass is 10.0. The third-order valence-electron chi connectivity index (χ3n) is 3.35. The minimum absolute atomic E-state index is 0.0361. The van der Waals surface area contributed by atoms with E-state index in [1.807, 2.05) is 0 Å². The van der Waals surface area contributed by atoms with Crippen molar-refractivity contribution >= 4 is 22.6 Å². The van der Waals surface area contributed by atoms with Crippen LogP contribution in [0.3, 0.4) is 0 Å². The van der Waals surface area contributed by atoms with Gasteiger partial charge in [0.05, 0.1) is 27.2 Å². The van der Waals surface area contributed by atoms with Crippen LogP contribution in [0.2, 0.25) is 5.02 Å². The van der Waals surface area contributed by atoms with Crippen molar-refractivity contribution in [3.8, 4) is 11.4 Å². The van der Waals surface area contributed by atoms with E-state index < -0.39 is 34.1 Å². The van der Waals surface area contributed by atoms with Gasteiger partial charge in [-0.15, -0.1) is 0 Å². The Balaban J connectivity index is 2.30. The largest absolute Gasteiger partial charge is 0.417 e. The number of hydrogen-bond acceptors (Lipinski definition) is 1. The molecule has 1 N–H and O–H groups in total. The Bertz CT molecular complexity index is 877. The maximum Gasteiger partial charge on any atom is 0.417 e. The zero-order valence-corrected chi connectivity index (χ0v) is 12.3. The number of para-hydroxylation sites is 2. The van der Waals surface area contributed by atoms with Gasteiger partial charge in [-0.2, -0.15) is 26.3 Å². The fourth-order valence-electron chi connectivity index (χ4n) is 2.31. The smallest absolute Gasteiger partial charge is 0.338 e. The molecule has 9 heteroatoms. The monoisotopic (exact) mass is 364 g/mol. The van der Waals surface area contributed by atoms with E-state index in [0.29, 0.717) is 17.1 Å². The van der Waals surface area contributed by atoms with Crippen LogP contribution >= 0.6 is 11.6 Å². The highest BCUT2D eigenvalue weighted by Crippen LogP contribution is 2.44. The predicted octanol–water partition coefficient (Wildman–Crippen LogP) is 5.92. The Labute approximate surface area is 136 Å². The van der Waals surface area contributed by atoms with E-state index in [0.717, 1.165) is 0 Å². The van der Waals surface area contributed by atoms with Crippen molar-refractivity contribution in [1.29, 1.82) is 0 Å². The standard InChI is InChI=1S/C15H7ClF6N2/c16-9-6-7(14(17,18)19)5-8(15(20,21)22)12(9)13-23-10-3-1-2-4-11(10)24-13/h1-6H,(H,23,24). The highest BCUT2D eigenvalue weighted by Gasteiger charge is 2.40. The number of aromatic nitrogens is 2. The molecule has 3 rings (SSSR count). The SMILES string of the molecule is FC(F)(F)c1cc(Cl)c(-c2nc3ccccc3[nH]2)c(C(F)(F)F)c1. The van der Waals surface area contributed by atoms with Crippen LogP contribution in [0.25, 0.3) is 22.4 Å². The maximum absolute atomic E-state index is 13.3. The molecule has 2 aromatic carbocycles. The van der Waals surface area contributed by atoms with Gasteiger partial charge in [-0.05, 0) is 24.3 Å². The molecular formula is C15H7ClF6N2. The molecule has 0 spiro atoms. The van der Waals surface area contributed by atoms with Crippen molar-refractivity contribution < 1.29 is 26.3 Å². The lowest BCUT2D eigenvalue weighted by molar-refractivity contribution is -0.142. The van der Waals surface area contributed by atoms with Crippen LogP contribution in [0, 0.1) is 0 Å². The average molecular weight is 365 g/mol. The van der Waals surface area contributed by atoms with Crippen LogP contribution in [-0.2, 0) is 12.4 Å². The van der Waals surface area contributed by atoms with Gasteiger partial charge in [0.25, 0.3) is 0 Å². The van der Waals surface area contributed by atoms with Crippen LogP contribution in [0.5, 0.6) is 0 Å². The first-order valence-electron chi connectivity index (χ1n) is 6.50. The first-order chi connectivity index (χ1) is 11.1. The number of benzene rings is 2. The van der Waals surface area contributed by atoms with Crippen LogP contribution in [-0.4, -0.2) is 9.97 Å². The molecule has 0 saturated heterocycles. The second-order valence-corrected chi connectivity index (χ2v) is 5.39. The molecule has 0 amide bonds. The number of halogens is 7. The fourth-order valence-corrected chi connectivity index (χ4v) is 2.61. The van der Waals surface area contributed by atoms with Crippen LogP contribution < -0.4 is 0 Å². The molecule has 0 aliphatic carbocycles. The zero-order chi connectivity index (χ0) is 17.7. The molecule has 0 fully saturated rings. The quantitative estimate of drug-likeness (QED) is 0.533. The first kappa shape index (κ1) is 16.6. The van der Waals surface area contributed by atoms with Gasteiger partial charge < -0.3 is 4.98 Å². The van der Waals surface area contributed by atoms with E-state index in [-0.39, 0.29) is 11.9 Å². The third kappa shape index (κ3) is 2.93. The number of aromatic amines is 1. The van der Waals surface area contributed by atoms with Gasteiger partial charge >= 0.3 is 12.4 Å². The van der Waals surface area contributed by atoms with Gasteiger partial charge in [-0.25, -0.2) is 4.98 Å². The van der Waals surface area contributed by atoms with E-state index in [4.69, 9.17) is 11.6 Å². The third-order valence-corrected chi connectivity index (χ3v) is 3.65. The normalized spacial score (nSPS) is 12.8. The highest BCUT2D eigenvalue weighted by atomic mass is 35.5. The molecule has 0 aliphatic rings. The molecule has 0 radical (unpaired) electrons. The van der Waals surface area contributed by atoms with E-state index >= 15 is 0 Å². The van der Waals surface area contributed by atoms with Gasteiger partial charge in [0.2, 0.25) is 0 Å². The summed E-state index contributed by atoms with van der Waals surface area (Å²) in [5, 5.41) is -0.684. The van der Waals surface area contributed by atoms with Gasteiger partial charge in [0.1, 0.15) is 5.82 Å². The minimum atomic E-state index is -5.03. The summed E-state index contributed by atoms with van der Waals surface area (Å²) in [6.07, 6.45) is -9.98. The summed E-state index contributed by atoms with van der Waals surface area (Å²) in [6, 6.07) is 6.90. The van der Waals surface area contributed by atoms with Crippen LogP contribution in [0.1, 0.15) is 11.1 Å². The molecule has 1 aromatic heterocycles. The van der Waals surface area contributed by atoms with E-state index in [1.54, 1.807) is 24.3 Å². The fraction of sp³-hybridized carbons (Fsp3) is 0.133. The average Bonchev–Trinajstić information content (AvgIpc) is 2.87. The maximum atomic E-state index is 13.3. The van der Waals surface area contributed by atoms with Crippen molar-refractivity contribution in [1.82, 2.24) is 9.97 Å². The van der Waals surface area contributed by atoms with E-state index in [2.05, 4.69) is 9.97 Å². The number of imidazole rings is 1. The molecule has 126 valence electrons. The van der Waals surface area contributed by atoms with Gasteiger partial charge in [-0.1, -0.05) is 23.7 Å². The van der Waals surface area contributed by atoms with Crippen LogP contribution in [0.4, 0.5) is 26.3 Å². The Hall–Kier alpha value is -2.22. The number of fused-ring (bicyclic) bond motifs is 1. The van der Waals surface area contributed by atoms with Crippen molar-refractivity contribution in [3.05, 3.63) is 52.5 Å². The predicted molar refractivity (Wildman–Crippen MR) is 76.5 cm³/mol. The highest BCUT2D eigenvalue weighted by molar-refractivity contribution is 6.33. The van der Waals surface area contributed by atoms with E-state index in [9.17, 15) is 26.3 Å². The topological polar surface area (TPSA) is 28.7 Å². The number of alkyl halides is 6. The number of rotatable bonds is 1. The molecule has 0 atom stereocenters. The second-order valence-electron chi connectivity index (χ2n) is 4.98. The molecule has 0 aliphatic heterocycles. The Morgan fingerprint density at radius 3 is 2.17 bits per heavy atom. The Morgan fingerprint density at radius 1 is 0.917 bits per heavy atom. The summed E-state index contributed by atoms with van der Waals surface area (Å²) in [7, 11) is 0. The molecule has 0 saturated carbocycles. The lowest BCUT2D eigenvalue weighted by Crippen LogP contribution is -2.13. The van der Waals surface area contributed by atoms with E-state index in [1.165, 1.54) is 0 Å².